The van der Waals surface area contributed by atoms with Crippen LogP contribution in [0.3, 0.4) is 0 Å². The van der Waals surface area contributed by atoms with Crippen LogP contribution in [0.5, 0.6) is 0 Å². The standard InChI is InChI=1S/C7H14N2.ClH.Na/c1-7(2)5-9-4-3-8-6-9;;/h6-7H,3-5H2,1-2H3;1H;. The second-order valence-corrected chi connectivity index (χ2v) is 2.91. The summed E-state index contributed by atoms with van der Waals surface area (Å²) in [5.74, 6) is 0.759. The quantitative estimate of drug-likeness (QED) is 0.587. The normalized spacial score (nSPS) is 14.6. The van der Waals surface area contributed by atoms with Crippen molar-refractivity contribution in [2.45, 2.75) is 13.8 Å². The van der Waals surface area contributed by atoms with Gasteiger partial charge in [-0.25, -0.2) is 0 Å². The van der Waals surface area contributed by atoms with Crippen LogP contribution >= 0.6 is 12.4 Å². The first-order valence-electron chi connectivity index (χ1n) is 3.53. The van der Waals surface area contributed by atoms with Gasteiger partial charge in [0.15, 0.2) is 0 Å². The van der Waals surface area contributed by atoms with Crippen LogP contribution in [0.4, 0.5) is 0 Å². The molecule has 0 spiro atoms. The Kier molecular flexibility index (Phi) is 9.63. The number of hydrogen-bond acceptors (Lipinski definition) is 2. The Bertz CT molecular complexity index is 117. The van der Waals surface area contributed by atoms with E-state index in [1.54, 1.807) is 0 Å². The maximum Gasteiger partial charge on any atom is 0.0851 e. The van der Waals surface area contributed by atoms with Gasteiger partial charge in [0.1, 0.15) is 0 Å². The monoisotopic (exact) mass is 185 g/mol. The van der Waals surface area contributed by atoms with Crippen LogP contribution in [0.1, 0.15) is 13.8 Å². The first-order chi connectivity index (χ1) is 4.29. The molecular weight excluding hydrogens is 171 g/mol. The van der Waals surface area contributed by atoms with E-state index < -0.39 is 0 Å². The van der Waals surface area contributed by atoms with Crippen molar-refractivity contribution in [2.24, 2.45) is 10.9 Å². The van der Waals surface area contributed by atoms with E-state index in [4.69, 9.17) is 0 Å². The van der Waals surface area contributed by atoms with Gasteiger partial charge in [0, 0.05) is 42.6 Å². The minimum atomic E-state index is 0. The van der Waals surface area contributed by atoms with Crippen molar-refractivity contribution < 1.29 is 0 Å². The third kappa shape index (κ3) is 5.97. The number of nitrogens with zero attached hydrogens (tertiary/aromatic N) is 2. The molecule has 61 valence electrons. The summed E-state index contributed by atoms with van der Waals surface area (Å²) in [6.07, 6.45) is 1.96. The summed E-state index contributed by atoms with van der Waals surface area (Å²) in [6, 6.07) is 0. The van der Waals surface area contributed by atoms with Crippen molar-refractivity contribution >= 4 is 48.3 Å². The van der Waals surface area contributed by atoms with Gasteiger partial charge in [-0.2, -0.15) is 0 Å². The molecule has 1 aliphatic heterocycles. The van der Waals surface area contributed by atoms with Crippen LogP contribution < -0.4 is 0 Å². The number of hydrogen-bond donors (Lipinski definition) is 0. The molecule has 0 saturated carbocycles. The molecule has 0 saturated heterocycles. The Morgan fingerprint density at radius 2 is 2.18 bits per heavy atom. The van der Waals surface area contributed by atoms with E-state index in [1.807, 2.05) is 6.34 Å². The van der Waals surface area contributed by atoms with Gasteiger partial charge in [0.05, 0.1) is 12.9 Å². The van der Waals surface area contributed by atoms with Gasteiger partial charge in [-0.1, -0.05) is 13.8 Å². The minimum absolute atomic E-state index is 0. The summed E-state index contributed by atoms with van der Waals surface area (Å²) in [5, 5.41) is 0. The summed E-state index contributed by atoms with van der Waals surface area (Å²) in [4.78, 5) is 6.39. The molecule has 1 heterocycles. The van der Waals surface area contributed by atoms with Crippen molar-refractivity contribution in [2.75, 3.05) is 19.6 Å². The first kappa shape index (κ1) is 14.3. The maximum absolute atomic E-state index is 4.12. The molecule has 0 fully saturated rings. The molecule has 0 N–H and O–H groups in total. The van der Waals surface area contributed by atoms with Crippen molar-refractivity contribution in [3.63, 3.8) is 0 Å². The molecule has 0 unspecified atom stereocenters. The Balaban J connectivity index is 0. The van der Waals surface area contributed by atoms with E-state index in [2.05, 4.69) is 23.7 Å². The summed E-state index contributed by atoms with van der Waals surface area (Å²) in [6.45, 7) is 7.73. The zero-order valence-corrected chi connectivity index (χ0v) is 10.4. The maximum atomic E-state index is 4.12. The Morgan fingerprint density at radius 1 is 1.55 bits per heavy atom. The summed E-state index contributed by atoms with van der Waals surface area (Å²) < 4.78 is 0. The molecule has 0 aromatic rings. The van der Waals surface area contributed by atoms with Gasteiger partial charge in [0.25, 0.3) is 0 Å². The van der Waals surface area contributed by atoms with Gasteiger partial charge in [-0.05, 0) is 5.92 Å². The topological polar surface area (TPSA) is 15.6 Å². The fourth-order valence-corrected chi connectivity index (χ4v) is 1.02. The molecule has 1 rings (SSSR count). The zero-order valence-electron chi connectivity index (χ0n) is 7.58. The summed E-state index contributed by atoms with van der Waals surface area (Å²) in [7, 11) is 0. The Labute approximate surface area is 97.1 Å². The molecule has 11 heavy (non-hydrogen) atoms. The molecule has 2 nitrogen and oxygen atoms in total. The molecule has 0 aliphatic carbocycles. The first-order valence-corrected chi connectivity index (χ1v) is 3.53. The van der Waals surface area contributed by atoms with Crippen LogP contribution in [0.25, 0.3) is 0 Å². The van der Waals surface area contributed by atoms with Gasteiger partial charge in [-0.15, -0.1) is 12.4 Å². The van der Waals surface area contributed by atoms with Gasteiger partial charge in [-0.3, -0.25) is 4.99 Å². The zero-order chi connectivity index (χ0) is 6.69. The van der Waals surface area contributed by atoms with E-state index in [0.29, 0.717) is 0 Å². The van der Waals surface area contributed by atoms with Crippen molar-refractivity contribution in [1.29, 1.82) is 0 Å². The van der Waals surface area contributed by atoms with E-state index >= 15 is 0 Å². The fraction of sp³-hybridized carbons (Fsp3) is 0.857. The van der Waals surface area contributed by atoms with Crippen molar-refractivity contribution in [3.8, 4) is 0 Å². The van der Waals surface area contributed by atoms with Gasteiger partial charge >= 0.3 is 0 Å². The van der Waals surface area contributed by atoms with Gasteiger partial charge < -0.3 is 4.90 Å². The minimum Gasteiger partial charge on any atom is -0.361 e. The Hall–Kier alpha value is 0.760. The molecular formula is C7H15ClN2Na. The SMILES string of the molecule is CC(C)CN1C=NCC1.Cl.[Na]. The predicted octanol–water partition coefficient (Wildman–Crippen LogP) is 1.03. The number of rotatable bonds is 2. The van der Waals surface area contributed by atoms with Crippen LogP contribution in [0.15, 0.2) is 4.99 Å². The predicted molar refractivity (Wildman–Crippen MR) is 52.8 cm³/mol. The van der Waals surface area contributed by atoms with Crippen LogP contribution in [0.2, 0.25) is 0 Å². The average Bonchev–Trinajstić information content (AvgIpc) is 2.15. The Morgan fingerprint density at radius 3 is 2.55 bits per heavy atom. The number of halogens is 1. The van der Waals surface area contributed by atoms with E-state index in [-0.39, 0.29) is 42.0 Å². The second kappa shape index (κ2) is 7.41. The largest absolute Gasteiger partial charge is 0.361 e. The summed E-state index contributed by atoms with van der Waals surface area (Å²) >= 11 is 0. The van der Waals surface area contributed by atoms with Crippen molar-refractivity contribution in [1.82, 2.24) is 4.90 Å². The van der Waals surface area contributed by atoms with Gasteiger partial charge in [0.2, 0.25) is 0 Å². The molecule has 1 aliphatic rings. The van der Waals surface area contributed by atoms with Crippen LogP contribution in [0, 0.1) is 5.92 Å². The fourth-order valence-electron chi connectivity index (χ4n) is 1.02. The molecule has 0 amide bonds. The smallest absolute Gasteiger partial charge is 0.0851 e. The average molecular weight is 186 g/mol. The molecule has 0 aromatic carbocycles. The number of aliphatic imine (C=N–C) groups is 1. The molecule has 0 atom stereocenters. The van der Waals surface area contributed by atoms with Crippen LogP contribution in [-0.4, -0.2) is 60.4 Å². The molecule has 0 bridgehead atoms. The van der Waals surface area contributed by atoms with E-state index in [0.717, 1.165) is 25.6 Å². The van der Waals surface area contributed by atoms with Crippen LogP contribution in [-0.2, 0) is 0 Å². The van der Waals surface area contributed by atoms with E-state index in [9.17, 15) is 0 Å². The van der Waals surface area contributed by atoms with Crippen molar-refractivity contribution in [3.05, 3.63) is 0 Å². The third-order valence-corrected chi connectivity index (χ3v) is 1.36. The molecule has 1 radical (unpaired) electrons. The summed E-state index contributed by atoms with van der Waals surface area (Å²) in [5.41, 5.74) is 0. The third-order valence-electron chi connectivity index (χ3n) is 1.36. The second-order valence-electron chi connectivity index (χ2n) is 2.91. The molecule has 4 heteroatoms. The molecule has 0 aromatic heterocycles. The van der Waals surface area contributed by atoms with E-state index in [1.165, 1.54) is 0 Å².